The van der Waals surface area contributed by atoms with Crippen LogP contribution < -0.4 is 5.32 Å². The third-order valence-corrected chi connectivity index (χ3v) is 3.30. The van der Waals surface area contributed by atoms with E-state index in [9.17, 15) is 8.42 Å². The first kappa shape index (κ1) is 15.9. The van der Waals surface area contributed by atoms with E-state index in [0.29, 0.717) is 19.6 Å². The Morgan fingerprint density at radius 1 is 1.31 bits per heavy atom. The van der Waals surface area contributed by atoms with Gasteiger partial charge in [0.15, 0.2) is 0 Å². The Kier molecular flexibility index (Phi) is 8.89. The number of ether oxygens (including phenoxy) is 1. The highest BCUT2D eigenvalue weighted by Gasteiger charge is 2.09. The Labute approximate surface area is 99.7 Å². The highest BCUT2D eigenvalue weighted by Crippen LogP contribution is 2.01. The standard InChI is InChI=1S/C11H25NO3S/c1-4-8-12-11(10-15-5-2)7-6-9-16(3,13)14/h11-12H,4-10H2,1-3H3. The lowest BCUT2D eigenvalue weighted by atomic mass is 10.2. The average Bonchev–Trinajstić information content (AvgIpc) is 2.19. The monoisotopic (exact) mass is 251 g/mol. The molecule has 1 N–H and O–H groups in total. The molecule has 0 heterocycles. The number of rotatable bonds is 10. The van der Waals surface area contributed by atoms with E-state index in [1.807, 2.05) is 6.92 Å². The summed E-state index contributed by atoms with van der Waals surface area (Å²) in [6, 6.07) is 0.279. The Morgan fingerprint density at radius 3 is 2.50 bits per heavy atom. The smallest absolute Gasteiger partial charge is 0.147 e. The molecule has 1 unspecified atom stereocenters. The maximum absolute atomic E-state index is 11.0. The maximum atomic E-state index is 11.0. The van der Waals surface area contributed by atoms with Crippen molar-refractivity contribution in [2.75, 3.05) is 31.8 Å². The van der Waals surface area contributed by atoms with Crippen LogP contribution in [0.1, 0.15) is 33.1 Å². The number of nitrogens with one attached hydrogen (secondary N) is 1. The van der Waals surface area contributed by atoms with E-state index in [2.05, 4.69) is 12.2 Å². The molecule has 0 spiro atoms. The van der Waals surface area contributed by atoms with Crippen molar-refractivity contribution in [3.05, 3.63) is 0 Å². The van der Waals surface area contributed by atoms with E-state index >= 15 is 0 Å². The van der Waals surface area contributed by atoms with Crippen LogP contribution in [0.4, 0.5) is 0 Å². The third-order valence-electron chi connectivity index (χ3n) is 2.27. The predicted molar refractivity (Wildman–Crippen MR) is 67.5 cm³/mol. The van der Waals surface area contributed by atoms with Gasteiger partial charge in [-0.1, -0.05) is 6.92 Å². The molecule has 5 heteroatoms. The summed E-state index contributed by atoms with van der Waals surface area (Å²) in [5.41, 5.74) is 0. The Balaban J connectivity index is 3.81. The molecule has 0 saturated heterocycles. The Hall–Kier alpha value is -0.130. The minimum Gasteiger partial charge on any atom is -0.380 e. The lowest BCUT2D eigenvalue weighted by Gasteiger charge is -2.17. The molecule has 0 rings (SSSR count). The summed E-state index contributed by atoms with van der Waals surface area (Å²) in [7, 11) is -2.83. The van der Waals surface area contributed by atoms with Gasteiger partial charge in [0.05, 0.1) is 6.61 Å². The van der Waals surface area contributed by atoms with E-state index in [0.717, 1.165) is 19.4 Å². The van der Waals surface area contributed by atoms with Gasteiger partial charge in [-0.25, -0.2) is 8.42 Å². The van der Waals surface area contributed by atoms with Gasteiger partial charge in [-0.2, -0.15) is 0 Å². The zero-order valence-corrected chi connectivity index (χ0v) is 11.5. The van der Waals surface area contributed by atoms with Crippen molar-refractivity contribution >= 4 is 9.84 Å². The van der Waals surface area contributed by atoms with Crippen molar-refractivity contribution in [3.63, 3.8) is 0 Å². The van der Waals surface area contributed by atoms with E-state index in [4.69, 9.17) is 4.74 Å². The largest absolute Gasteiger partial charge is 0.380 e. The second kappa shape index (κ2) is 8.96. The second-order valence-electron chi connectivity index (χ2n) is 4.08. The topological polar surface area (TPSA) is 55.4 Å². The number of sulfone groups is 1. The highest BCUT2D eigenvalue weighted by atomic mass is 32.2. The van der Waals surface area contributed by atoms with Gasteiger partial charge in [-0.15, -0.1) is 0 Å². The van der Waals surface area contributed by atoms with Crippen molar-refractivity contribution in [1.82, 2.24) is 5.32 Å². The summed E-state index contributed by atoms with van der Waals surface area (Å²) in [6.07, 6.45) is 3.92. The molecule has 0 radical (unpaired) electrons. The van der Waals surface area contributed by atoms with Crippen molar-refractivity contribution in [2.24, 2.45) is 0 Å². The van der Waals surface area contributed by atoms with Gasteiger partial charge < -0.3 is 10.1 Å². The third kappa shape index (κ3) is 10.4. The molecule has 0 bridgehead atoms. The van der Waals surface area contributed by atoms with Crippen LogP contribution >= 0.6 is 0 Å². The van der Waals surface area contributed by atoms with Crippen LogP contribution in [0.3, 0.4) is 0 Å². The van der Waals surface area contributed by atoms with Crippen LogP contribution in [0.15, 0.2) is 0 Å². The number of hydrogen-bond acceptors (Lipinski definition) is 4. The van der Waals surface area contributed by atoms with Crippen LogP contribution in [0, 0.1) is 0 Å². The first-order valence-electron chi connectivity index (χ1n) is 5.98. The van der Waals surface area contributed by atoms with Gasteiger partial charge in [0.2, 0.25) is 0 Å². The summed E-state index contributed by atoms with van der Waals surface area (Å²) < 4.78 is 27.3. The quantitative estimate of drug-likeness (QED) is 0.634. The van der Waals surface area contributed by atoms with Crippen LogP contribution in [-0.2, 0) is 14.6 Å². The van der Waals surface area contributed by atoms with Gasteiger partial charge in [0.1, 0.15) is 9.84 Å². The molecule has 0 aliphatic carbocycles. The summed E-state index contributed by atoms with van der Waals surface area (Å²) in [6.45, 7) is 6.40. The molecular formula is C11H25NO3S. The minimum atomic E-state index is -2.83. The zero-order valence-electron chi connectivity index (χ0n) is 10.7. The van der Waals surface area contributed by atoms with Crippen molar-refractivity contribution in [2.45, 2.75) is 39.2 Å². The predicted octanol–water partition coefficient (Wildman–Crippen LogP) is 1.22. The van der Waals surface area contributed by atoms with E-state index in [1.54, 1.807) is 0 Å². The van der Waals surface area contributed by atoms with Gasteiger partial charge in [0, 0.05) is 24.7 Å². The molecule has 0 saturated carbocycles. The van der Waals surface area contributed by atoms with Gasteiger partial charge in [-0.3, -0.25) is 0 Å². The van der Waals surface area contributed by atoms with Gasteiger partial charge in [-0.05, 0) is 32.7 Å². The van der Waals surface area contributed by atoms with Gasteiger partial charge in [0.25, 0.3) is 0 Å². The van der Waals surface area contributed by atoms with Crippen molar-refractivity contribution in [1.29, 1.82) is 0 Å². The first-order chi connectivity index (χ1) is 7.49. The van der Waals surface area contributed by atoms with Crippen molar-refractivity contribution in [3.8, 4) is 0 Å². The summed E-state index contributed by atoms with van der Waals surface area (Å²) >= 11 is 0. The van der Waals surface area contributed by atoms with E-state index in [1.165, 1.54) is 6.26 Å². The fourth-order valence-electron chi connectivity index (χ4n) is 1.44. The molecule has 0 aromatic heterocycles. The molecular weight excluding hydrogens is 226 g/mol. The van der Waals surface area contributed by atoms with Crippen LogP contribution in [0.2, 0.25) is 0 Å². The fraction of sp³-hybridized carbons (Fsp3) is 1.00. The SMILES string of the molecule is CCCNC(CCCS(C)(=O)=O)COCC. The van der Waals surface area contributed by atoms with Crippen LogP contribution in [0.5, 0.6) is 0 Å². The lowest BCUT2D eigenvalue weighted by Crippen LogP contribution is -2.34. The maximum Gasteiger partial charge on any atom is 0.147 e. The summed E-state index contributed by atoms with van der Waals surface area (Å²) in [5.74, 6) is 0.267. The van der Waals surface area contributed by atoms with E-state index in [-0.39, 0.29) is 11.8 Å². The summed E-state index contributed by atoms with van der Waals surface area (Å²) in [5, 5.41) is 3.37. The van der Waals surface area contributed by atoms with Crippen LogP contribution in [-0.4, -0.2) is 46.2 Å². The molecule has 0 aliphatic heterocycles. The minimum absolute atomic E-state index is 0.267. The molecule has 0 aromatic carbocycles. The normalized spacial score (nSPS) is 13.9. The van der Waals surface area contributed by atoms with E-state index < -0.39 is 9.84 Å². The summed E-state index contributed by atoms with van der Waals surface area (Å²) in [4.78, 5) is 0. The first-order valence-corrected chi connectivity index (χ1v) is 8.04. The van der Waals surface area contributed by atoms with Crippen LogP contribution in [0.25, 0.3) is 0 Å². The average molecular weight is 251 g/mol. The molecule has 0 aromatic rings. The molecule has 0 amide bonds. The zero-order chi connectivity index (χ0) is 12.4. The number of hydrogen-bond donors (Lipinski definition) is 1. The Morgan fingerprint density at radius 2 is 2.00 bits per heavy atom. The molecule has 0 aliphatic rings. The highest BCUT2D eigenvalue weighted by molar-refractivity contribution is 7.90. The molecule has 16 heavy (non-hydrogen) atoms. The Bertz CT molecular complexity index is 244. The van der Waals surface area contributed by atoms with Crippen molar-refractivity contribution < 1.29 is 13.2 Å². The second-order valence-corrected chi connectivity index (χ2v) is 6.34. The lowest BCUT2D eigenvalue weighted by molar-refractivity contribution is 0.120. The van der Waals surface area contributed by atoms with Gasteiger partial charge >= 0.3 is 0 Å². The fourth-order valence-corrected chi connectivity index (χ4v) is 2.14. The molecule has 4 nitrogen and oxygen atoms in total. The molecule has 1 atom stereocenters. The molecule has 98 valence electrons. The molecule has 0 fully saturated rings.